The molecule has 1 rings (SSSR count). The third-order valence-corrected chi connectivity index (χ3v) is 3.59. The Bertz CT molecular complexity index is 474. The number of anilines is 2. The second kappa shape index (κ2) is 7.68. The molecule has 0 radical (unpaired) electrons. The van der Waals surface area contributed by atoms with E-state index in [0.29, 0.717) is 23.1 Å². The molecule has 4 N–H and O–H groups in total. The van der Waals surface area contributed by atoms with Crippen LogP contribution < -0.4 is 16.4 Å². The van der Waals surface area contributed by atoms with E-state index in [1.54, 1.807) is 7.05 Å². The van der Waals surface area contributed by atoms with Crippen LogP contribution in [0.5, 0.6) is 0 Å². The molecule has 112 valence electrons. The molecule has 0 saturated carbocycles. The summed E-state index contributed by atoms with van der Waals surface area (Å²) in [4.78, 5) is 29.9. The van der Waals surface area contributed by atoms with Crippen LogP contribution in [-0.2, 0) is 4.79 Å². The molecule has 0 aliphatic rings. The predicted molar refractivity (Wildman–Crippen MR) is 81.0 cm³/mol. The lowest BCUT2D eigenvalue weighted by Crippen LogP contribution is -2.40. The van der Waals surface area contributed by atoms with E-state index < -0.39 is 0 Å². The number of hydrogen-bond acceptors (Lipinski definition) is 6. The Hall–Kier alpha value is -1.83. The molecule has 0 aromatic carbocycles. The van der Waals surface area contributed by atoms with E-state index in [4.69, 9.17) is 5.73 Å². The van der Waals surface area contributed by atoms with Gasteiger partial charge in [0, 0.05) is 20.1 Å². The molecule has 1 aromatic rings. The number of rotatable bonds is 7. The third-order valence-electron chi connectivity index (χ3n) is 2.57. The number of carbonyl (C=O) groups is 2. The molecule has 0 fully saturated rings. The van der Waals surface area contributed by atoms with E-state index in [1.165, 1.54) is 16.2 Å². The zero-order valence-electron chi connectivity index (χ0n) is 12.0. The summed E-state index contributed by atoms with van der Waals surface area (Å²) in [6, 6.07) is 0. The van der Waals surface area contributed by atoms with Crippen LogP contribution >= 0.6 is 11.3 Å². The van der Waals surface area contributed by atoms with Crippen molar-refractivity contribution in [2.75, 3.05) is 37.7 Å². The van der Waals surface area contributed by atoms with E-state index >= 15 is 0 Å². The van der Waals surface area contributed by atoms with Gasteiger partial charge in [0.05, 0.1) is 6.54 Å². The number of aromatic nitrogens is 1. The van der Waals surface area contributed by atoms with Gasteiger partial charge in [-0.05, 0) is 13.3 Å². The van der Waals surface area contributed by atoms with Crippen LogP contribution in [0.1, 0.15) is 29.9 Å². The molecule has 0 aliphatic heterocycles. The molecule has 7 nitrogen and oxygen atoms in total. The molecule has 0 aliphatic carbocycles. The third kappa shape index (κ3) is 4.09. The maximum atomic E-state index is 12.4. The number of hydrogen-bond donors (Lipinski definition) is 3. The SMILES string of the molecule is CCCN(CC(=O)NC)C(=O)c1sc(NCC)nc1N. The van der Waals surface area contributed by atoms with Crippen LogP contribution in [-0.4, -0.2) is 48.4 Å². The highest BCUT2D eigenvalue weighted by atomic mass is 32.1. The number of nitrogens with one attached hydrogen (secondary N) is 2. The standard InChI is InChI=1S/C12H21N5O2S/c1-4-6-17(7-8(18)14-3)11(19)9-10(13)16-12(20-9)15-5-2/h4-7,13H2,1-3H3,(H,14,18)(H,15,16). The highest BCUT2D eigenvalue weighted by Crippen LogP contribution is 2.26. The molecule has 2 amide bonds. The Balaban J connectivity index is 2.90. The summed E-state index contributed by atoms with van der Waals surface area (Å²) in [5.74, 6) is -0.259. The fraction of sp³-hybridized carbons (Fsp3) is 0.583. The summed E-state index contributed by atoms with van der Waals surface area (Å²) in [6.07, 6.45) is 0.765. The minimum atomic E-state index is -0.255. The molecule has 0 atom stereocenters. The predicted octanol–water partition coefficient (Wildman–Crippen LogP) is 0.755. The number of carbonyl (C=O) groups excluding carboxylic acids is 2. The van der Waals surface area contributed by atoms with E-state index in [1.807, 2.05) is 13.8 Å². The summed E-state index contributed by atoms with van der Waals surface area (Å²) >= 11 is 1.21. The fourth-order valence-corrected chi connectivity index (χ4v) is 2.55. The monoisotopic (exact) mass is 299 g/mol. The summed E-state index contributed by atoms with van der Waals surface area (Å²) in [6.45, 7) is 5.12. The lowest BCUT2D eigenvalue weighted by molar-refractivity contribution is -0.121. The van der Waals surface area contributed by atoms with Gasteiger partial charge in [0.2, 0.25) is 5.91 Å². The van der Waals surface area contributed by atoms with Crippen LogP contribution in [0, 0.1) is 0 Å². The van der Waals surface area contributed by atoms with Gasteiger partial charge in [0.25, 0.3) is 5.91 Å². The van der Waals surface area contributed by atoms with Crippen molar-refractivity contribution in [2.24, 2.45) is 0 Å². The summed E-state index contributed by atoms with van der Waals surface area (Å²) in [5, 5.41) is 6.15. The second-order valence-corrected chi connectivity index (χ2v) is 5.16. The molecule has 0 saturated heterocycles. The quantitative estimate of drug-likeness (QED) is 0.690. The molecule has 8 heteroatoms. The molecule has 20 heavy (non-hydrogen) atoms. The van der Waals surface area contributed by atoms with E-state index in [9.17, 15) is 9.59 Å². The maximum absolute atomic E-state index is 12.4. The van der Waals surface area contributed by atoms with Crippen LogP contribution in [0.15, 0.2) is 0 Å². The molecular weight excluding hydrogens is 278 g/mol. The molecule has 0 spiro atoms. The number of likely N-dealkylation sites (N-methyl/N-ethyl adjacent to an activating group) is 1. The van der Waals surface area contributed by atoms with Crippen molar-refractivity contribution in [3.8, 4) is 0 Å². The van der Waals surface area contributed by atoms with Gasteiger partial charge < -0.3 is 21.3 Å². The normalized spacial score (nSPS) is 10.2. The molecule has 0 unspecified atom stereocenters. The van der Waals surface area contributed by atoms with Gasteiger partial charge in [-0.3, -0.25) is 9.59 Å². The maximum Gasteiger partial charge on any atom is 0.268 e. The number of nitrogens with zero attached hydrogens (tertiary/aromatic N) is 2. The van der Waals surface area contributed by atoms with Crippen LogP contribution in [0.3, 0.4) is 0 Å². The Morgan fingerprint density at radius 1 is 1.40 bits per heavy atom. The van der Waals surface area contributed by atoms with E-state index in [0.717, 1.165) is 6.42 Å². The highest BCUT2D eigenvalue weighted by Gasteiger charge is 2.23. The van der Waals surface area contributed by atoms with E-state index in [-0.39, 0.29) is 24.2 Å². The average molecular weight is 299 g/mol. The number of nitrogen functional groups attached to an aromatic ring is 1. The van der Waals surface area contributed by atoms with Crippen LogP contribution in [0.4, 0.5) is 10.9 Å². The van der Waals surface area contributed by atoms with Crippen molar-refractivity contribution in [3.63, 3.8) is 0 Å². The zero-order chi connectivity index (χ0) is 15.1. The van der Waals surface area contributed by atoms with Crippen molar-refractivity contribution in [1.29, 1.82) is 0 Å². The van der Waals surface area contributed by atoms with Gasteiger partial charge in [0.1, 0.15) is 10.7 Å². The van der Waals surface area contributed by atoms with Crippen molar-refractivity contribution in [3.05, 3.63) is 4.88 Å². The first-order chi connectivity index (χ1) is 9.53. The van der Waals surface area contributed by atoms with Crippen molar-refractivity contribution in [1.82, 2.24) is 15.2 Å². The summed E-state index contributed by atoms with van der Waals surface area (Å²) in [5.41, 5.74) is 5.78. The average Bonchev–Trinajstić information content (AvgIpc) is 2.78. The zero-order valence-corrected chi connectivity index (χ0v) is 12.8. The Morgan fingerprint density at radius 3 is 2.65 bits per heavy atom. The lowest BCUT2D eigenvalue weighted by atomic mass is 10.3. The number of thiazole rings is 1. The fourth-order valence-electron chi connectivity index (χ4n) is 1.63. The Labute approximate surface area is 122 Å². The van der Waals surface area contributed by atoms with Gasteiger partial charge in [-0.25, -0.2) is 4.98 Å². The first kappa shape index (κ1) is 16.2. The van der Waals surface area contributed by atoms with Gasteiger partial charge >= 0.3 is 0 Å². The van der Waals surface area contributed by atoms with Gasteiger partial charge in [-0.2, -0.15) is 0 Å². The first-order valence-corrected chi connectivity index (χ1v) is 7.35. The molecule has 1 heterocycles. The van der Waals surface area contributed by atoms with Crippen molar-refractivity contribution < 1.29 is 9.59 Å². The molecule has 0 bridgehead atoms. The summed E-state index contributed by atoms with van der Waals surface area (Å²) in [7, 11) is 1.54. The minimum absolute atomic E-state index is 0.0249. The van der Waals surface area contributed by atoms with Gasteiger partial charge in [-0.15, -0.1) is 0 Å². The smallest absolute Gasteiger partial charge is 0.268 e. The minimum Gasteiger partial charge on any atom is -0.382 e. The lowest BCUT2D eigenvalue weighted by Gasteiger charge is -2.20. The van der Waals surface area contributed by atoms with Gasteiger partial charge in [-0.1, -0.05) is 18.3 Å². The molecule has 1 aromatic heterocycles. The number of nitrogens with two attached hydrogens (primary N) is 1. The summed E-state index contributed by atoms with van der Waals surface area (Å²) < 4.78 is 0. The molecular formula is C12H21N5O2S. The van der Waals surface area contributed by atoms with E-state index in [2.05, 4.69) is 15.6 Å². The first-order valence-electron chi connectivity index (χ1n) is 6.53. The topological polar surface area (TPSA) is 100 Å². The second-order valence-electron chi connectivity index (χ2n) is 4.16. The van der Waals surface area contributed by atoms with Crippen LogP contribution in [0.25, 0.3) is 0 Å². The van der Waals surface area contributed by atoms with Crippen molar-refractivity contribution >= 4 is 34.1 Å². The number of amides is 2. The largest absolute Gasteiger partial charge is 0.382 e. The Kier molecular flexibility index (Phi) is 6.23. The highest BCUT2D eigenvalue weighted by molar-refractivity contribution is 7.18. The van der Waals surface area contributed by atoms with Crippen LogP contribution in [0.2, 0.25) is 0 Å². The van der Waals surface area contributed by atoms with Gasteiger partial charge in [0.15, 0.2) is 5.13 Å². The van der Waals surface area contributed by atoms with Crippen molar-refractivity contribution in [2.45, 2.75) is 20.3 Å². The Morgan fingerprint density at radius 2 is 2.10 bits per heavy atom.